The molecule has 1 aromatic carbocycles. The second-order valence-electron chi connectivity index (χ2n) is 4.42. The topological polar surface area (TPSA) is 23.5 Å². The van der Waals surface area contributed by atoms with Crippen molar-refractivity contribution < 1.29 is 9.50 Å². The zero-order valence-electron chi connectivity index (χ0n) is 11.2. The van der Waals surface area contributed by atoms with Crippen LogP contribution in [0.15, 0.2) is 18.2 Å². The van der Waals surface area contributed by atoms with Crippen molar-refractivity contribution in [3.8, 4) is 11.8 Å². The average Bonchev–Trinajstić information content (AvgIpc) is 2.34. The molecule has 0 unspecified atom stereocenters. The maximum Gasteiger partial charge on any atom is 0.128 e. The minimum absolute atomic E-state index is 0.208. The Morgan fingerprint density at radius 3 is 2.61 bits per heavy atom. The number of halogens is 1. The summed E-state index contributed by atoms with van der Waals surface area (Å²) in [5.41, 5.74) is 1.28. The molecule has 0 saturated heterocycles. The van der Waals surface area contributed by atoms with Crippen molar-refractivity contribution in [3.63, 3.8) is 0 Å². The largest absolute Gasteiger partial charge is 0.384 e. The fourth-order valence-corrected chi connectivity index (χ4v) is 1.77. The standard InChI is InChI=1S/C15H20FNO/c1-4-17(12(2)3)11-14-8-7-13(6-5-9-18)10-15(14)16/h7-8,10,12,18H,4,9,11H2,1-3H3. The van der Waals surface area contributed by atoms with Crippen LogP contribution in [0.5, 0.6) is 0 Å². The SMILES string of the molecule is CCN(Cc1ccc(C#CCO)cc1F)C(C)C. The predicted octanol–water partition coefficient (Wildman–Crippen LogP) is 2.40. The van der Waals surface area contributed by atoms with Gasteiger partial charge < -0.3 is 5.11 Å². The monoisotopic (exact) mass is 249 g/mol. The number of nitrogens with zero attached hydrogens (tertiary/aromatic N) is 1. The van der Waals surface area contributed by atoms with E-state index in [2.05, 4.69) is 37.5 Å². The summed E-state index contributed by atoms with van der Waals surface area (Å²) in [7, 11) is 0. The molecule has 0 aromatic heterocycles. The molecule has 0 fully saturated rings. The molecule has 0 saturated carbocycles. The van der Waals surface area contributed by atoms with Crippen molar-refractivity contribution in [1.82, 2.24) is 4.90 Å². The summed E-state index contributed by atoms with van der Waals surface area (Å²) in [6.07, 6.45) is 0. The van der Waals surface area contributed by atoms with Crippen molar-refractivity contribution >= 4 is 0 Å². The molecule has 0 amide bonds. The maximum atomic E-state index is 13.9. The lowest BCUT2D eigenvalue weighted by Crippen LogP contribution is -2.30. The van der Waals surface area contributed by atoms with Crippen LogP contribution < -0.4 is 0 Å². The van der Waals surface area contributed by atoms with Gasteiger partial charge in [0.2, 0.25) is 0 Å². The van der Waals surface area contributed by atoms with Gasteiger partial charge >= 0.3 is 0 Å². The lowest BCUT2D eigenvalue weighted by Gasteiger charge is -2.24. The molecule has 1 rings (SSSR count). The Kier molecular flexibility index (Phi) is 5.84. The van der Waals surface area contributed by atoms with Gasteiger partial charge in [0.05, 0.1) is 0 Å². The molecule has 0 bridgehead atoms. The number of aliphatic hydroxyl groups is 1. The van der Waals surface area contributed by atoms with Crippen LogP contribution in [0.4, 0.5) is 4.39 Å². The van der Waals surface area contributed by atoms with Crippen molar-refractivity contribution in [1.29, 1.82) is 0 Å². The summed E-state index contributed by atoms with van der Waals surface area (Å²) in [6.45, 7) is 7.56. The van der Waals surface area contributed by atoms with E-state index >= 15 is 0 Å². The first kappa shape index (κ1) is 14.7. The van der Waals surface area contributed by atoms with Crippen molar-refractivity contribution in [2.45, 2.75) is 33.4 Å². The van der Waals surface area contributed by atoms with Crippen LogP contribution in [0.25, 0.3) is 0 Å². The van der Waals surface area contributed by atoms with E-state index in [0.717, 1.165) is 6.54 Å². The highest BCUT2D eigenvalue weighted by molar-refractivity contribution is 5.37. The van der Waals surface area contributed by atoms with Gasteiger partial charge in [-0.3, -0.25) is 4.90 Å². The van der Waals surface area contributed by atoms with Gasteiger partial charge in [-0.2, -0.15) is 0 Å². The van der Waals surface area contributed by atoms with Crippen LogP contribution >= 0.6 is 0 Å². The fourth-order valence-electron chi connectivity index (χ4n) is 1.77. The second-order valence-corrected chi connectivity index (χ2v) is 4.42. The van der Waals surface area contributed by atoms with Crippen LogP contribution in [0.1, 0.15) is 31.9 Å². The molecule has 98 valence electrons. The zero-order chi connectivity index (χ0) is 13.5. The van der Waals surface area contributed by atoms with Crippen LogP contribution in [0, 0.1) is 17.7 Å². The Hall–Kier alpha value is -1.37. The van der Waals surface area contributed by atoms with Crippen LogP contribution in [-0.2, 0) is 6.54 Å². The van der Waals surface area contributed by atoms with Crippen LogP contribution in [-0.4, -0.2) is 29.2 Å². The van der Waals surface area contributed by atoms with Gasteiger partial charge in [0, 0.05) is 23.7 Å². The lowest BCUT2D eigenvalue weighted by atomic mass is 10.1. The highest BCUT2D eigenvalue weighted by Gasteiger charge is 2.10. The van der Waals surface area contributed by atoms with E-state index in [4.69, 9.17) is 5.11 Å². The van der Waals surface area contributed by atoms with Gasteiger partial charge in [0.15, 0.2) is 0 Å². The molecule has 3 heteroatoms. The lowest BCUT2D eigenvalue weighted by molar-refractivity contribution is 0.222. The molecule has 0 spiro atoms. The average molecular weight is 249 g/mol. The van der Waals surface area contributed by atoms with Gasteiger partial charge in [0.25, 0.3) is 0 Å². The summed E-state index contributed by atoms with van der Waals surface area (Å²) in [5.74, 6) is 4.97. The molecule has 0 radical (unpaired) electrons. The fraction of sp³-hybridized carbons (Fsp3) is 0.467. The van der Waals surface area contributed by atoms with Crippen molar-refractivity contribution in [3.05, 3.63) is 35.1 Å². The third-order valence-corrected chi connectivity index (χ3v) is 2.87. The smallest absolute Gasteiger partial charge is 0.128 e. The van der Waals surface area contributed by atoms with Gasteiger partial charge in [0.1, 0.15) is 12.4 Å². The Bertz CT molecular complexity index is 446. The highest BCUT2D eigenvalue weighted by atomic mass is 19.1. The van der Waals surface area contributed by atoms with Crippen LogP contribution in [0.3, 0.4) is 0 Å². The Morgan fingerprint density at radius 1 is 1.39 bits per heavy atom. The van der Waals surface area contributed by atoms with E-state index < -0.39 is 0 Å². The molecular weight excluding hydrogens is 229 g/mol. The Morgan fingerprint density at radius 2 is 2.11 bits per heavy atom. The highest BCUT2D eigenvalue weighted by Crippen LogP contribution is 2.14. The normalized spacial score (nSPS) is 10.6. The molecule has 0 aliphatic carbocycles. The minimum Gasteiger partial charge on any atom is -0.384 e. The van der Waals surface area contributed by atoms with Gasteiger partial charge in [-0.15, -0.1) is 0 Å². The number of hydrogen-bond acceptors (Lipinski definition) is 2. The third-order valence-electron chi connectivity index (χ3n) is 2.87. The Balaban J connectivity index is 2.85. The summed E-state index contributed by atoms with van der Waals surface area (Å²) >= 11 is 0. The minimum atomic E-state index is -0.237. The molecular formula is C15H20FNO. The number of rotatable bonds is 4. The first-order chi connectivity index (χ1) is 8.58. The first-order valence-corrected chi connectivity index (χ1v) is 6.20. The van der Waals surface area contributed by atoms with E-state index in [1.54, 1.807) is 12.1 Å². The number of aliphatic hydroxyl groups excluding tert-OH is 1. The zero-order valence-corrected chi connectivity index (χ0v) is 11.2. The van der Waals surface area contributed by atoms with Crippen molar-refractivity contribution in [2.75, 3.05) is 13.2 Å². The first-order valence-electron chi connectivity index (χ1n) is 6.20. The van der Waals surface area contributed by atoms with E-state index in [1.807, 2.05) is 0 Å². The molecule has 0 heterocycles. The summed E-state index contributed by atoms with van der Waals surface area (Å²) < 4.78 is 13.9. The molecule has 1 aromatic rings. The number of hydrogen-bond donors (Lipinski definition) is 1. The second kappa shape index (κ2) is 7.15. The summed E-state index contributed by atoms with van der Waals surface area (Å²) in [5, 5.41) is 8.59. The van der Waals surface area contributed by atoms with Crippen molar-refractivity contribution in [2.24, 2.45) is 0 Å². The van der Waals surface area contributed by atoms with E-state index in [9.17, 15) is 4.39 Å². The molecule has 0 aliphatic heterocycles. The molecule has 0 aliphatic rings. The maximum absolute atomic E-state index is 13.9. The van der Waals surface area contributed by atoms with Gasteiger partial charge in [-0.1, -0.05) is 24.8 Å². The quantitative estimate of drug-likeness (QED) is 0.828. The van der Waals surface area contributed by atoms with E-state index in [-0.39, 0.29) is 12.4 Å². The third kappa shape index (κ3) is 4.14. The van der Waals surface area contributed by atoms with E-state index in [0.29, 0.717) is 23.7 Å². The predicted molar refractivity (Wildman–Crippen MR) is 71.6 cm³/mol. The summed E-state index contributed by atoms with van der Waals surface area (Å²) in [4.78, 5) is 2.19. The molecule has 0 atom stereocenters. The molecule has 1 N–H and O–H groups in total. The van der Waals surface area contributed by atoms with E-state index in [1.165, 1.54) is 6.07 Å². The number of benzene rings is 1. The molecule has 2 nitrogen and oxygen atoms in total. The van der Waals surface area contributed by atoms with Gasteiger partial charge in [-0.25, -0.2) is 4.39 Å². The van der Waals surface area contributed by atoms with Crippen LogP contribution in [0.2, 0.25) is 0 Å². The summed E-state index contributed by atoms with van der Waals surface area (Å²) in [6, 6.07) is 5.37. The molecule has 18 heavy (non-hydrogen) atoms. The Labute approximate surface area is 108 Å². The van der Waals surface area contributed by atoms with Gasteiger partial charge in [-0.05, 0) is 32.5 Å².